The fourth-order valence-corrected chi connectivity index (χ4v) is 3.68. The fraction of sp³-hybridized carbons (Fsp3) is 0.250. The Kier molecular flexibility index (Phi) is 6.24. The Balaban J connectivity index is 1.60. The molecule has 1 aliphatic rings. The van der Waals surface area contributed by atoms with Gasteiger partial charge < -0.3 is 19.5 Å². The topological polar surface area (TPSA) is 65.8 Å². The number of fused-ring (bicyclic) bond motifs is 1. The first-order valence-electron chi connectivity index (χ1n) is 10.4. The van der Waals surface area contributed by atoms with Gasteiger partial charge in [-0.1, -0.05) is 12.1 Å². The van der Waals surface area contributed by atoms with Gasteiger partial charge in [-0.2, -0.15) is 13.2 Å². The van der Waals surface area contributed by atoms with E-state index in [4.69, 9.17) is 4.42 Å². The van der Waals surface area contributed by atoms with Gasteiger partial charge in [-0.3, -0.25) is 9.59 Å². The molecule has 1 aromatic heterocycles. The van der Waals surface area contributed by atoms with Gasteiger partial charge in [0.25, 0.3) is 0 Å². The van der Waals surface area contributed by atoms with Gasteiger partial charge in [-0.15, -0.1) is 0 Å². The van der Waals surface area contributed by atoms with Crippen LogP contribution in [0, 0.1) is 0 Å². The largest absolute Gasteiger partial charge is 0.463 e. The molecule has 33 heavy (non-hydrogen) atoms. The molecule has 6 nitrogen and oxygen atoms in total. The number of amides is 1. The molecule has 1 amide bonds. The normalized spacial score (nSPS) is 15.3. The van der Waals surface area contributed by atoms with Gasteiger partial charge in [0.2, 0.25) is 5.91 Å². The molecule has 0 atom stereocenters. The molecule has 1 aliphatic heterocycles. The summed E-state index contributed by atoms with van der Waals surface area (Å²) in [6.07, 6.45) is -0.903. The monoisotopic (exact) mass is 457 g/mol. The highest BCUT2D eigenvalue weighted by Gasteiger charge is 2.32. The summed E-state index contributed by atoms with van der Waals surface area (Å²) >= 11 is 0. The number of para-hydroxylation sites is 1. The van der Waals surface area contributed by atoms with E-state index in [0.29, 0.717) is 29.7 Å². The van der Waals surface area contributed by atoms with Crippen molar-refractivity contribution in [3.63, 3.8) is 0 Å². The van der Waals surface area contributed by atoms with Gasteiger partial charge in [-0.25, -0.2) is 0 Å². The van der Waals surface area contributed by atoms with E-state index in [1.165, 1.54) is 18.4 Å². The second-order valence-corrected chi connectivity index (χ2v) is 7.86. The molecular weight excluding hydrogens is 435 g/mol. The van der Waals surface area contributed by atoms with Crippen LogP contribution in [0.4, 0.5) is 24.5 Å². The van der Waals surface area contributed by atoms with E-state index in [0.717, 1.165) is 31.3 Å². The summed E-state index contributed by atoms with van der Waals surface area (Å²) < 4.78 is 45.3. The van der Waals surface area contributed by atoms with Crippen molar-refractivity contribution in [3.8, 4) is 0 Å². The zero-order valence-corrected chi connectivity index (χ0v) is 17.9. The average molecular weight is 457 g/mol. The Labute approximate surface area is 187 Å². The summed E-state index contributed by atoms with van der Waals surface area (Å²) in [6, 6.07) is 10.0. The molecule has 172 valence electrons. The predicted molar refractivity (Wildman–Crippen MR) is 121 cm³/mol. The Morgan fingerprint density at radius 3 is 2.55 bits per heavy atom. The Bertz CT molecular complexity index is 1260. The summed E-state index contributed by atoms with van der Waals surface area (Å²) in [5, 5.41) is 2.92. The number of halogens is 3. The number of nitrogens with zero attached hydrogens (tertiary/aromatic N) is 2. The number of benzene rings is 2. The number of alkyl halides is 3. The van der Waals surface area contributed by atoms with Crippen molar-refractivity contribution in [3.05, 3.63) is 76.2 Å². The number of piperazine rings is 1. The van der Waals surface area contributed by atoms with Crippen molar-refractivity contribution in [2.45, 2.75) is 6.18 Å². The Hall–Kier alpha value is -3.59. The lowest BCUT2D eigenvalue weighted by Crippen LogP contribution is -2.44. The second-order valence-electron chi connectivity index (χ2n) is 7.86. The molecule has 3 aromatic rings. The van der Waals surface area contributed by atoms with Crippen LogP contribution >= 0.6 is 0 Å². The lowest BCUT2D eigenvalue weighted by molar-refractivity contribution is -0.137. The number of hydrogen-bond acceptors (Lipinski definition) is 5. The molecular formula is C24H22F3N3O3. The van der Waals surface area contributed by atoms with Crippen LogP contribution in [0.1, 0.15) is 11.1 Å². The summed E-state index contributed by atoms with van der Waals surface area (Å²) in [5.41, 5.74) is 0.00244. The standard InChI is InChI=1S/C24H22F3N3O3/c1-29-10-12-30(13-11-29)20-8-7-17(24(25,26)27)14-19(20)28-22(31)9-6-16-15-33-21-5-3-2-4-18(21)23(16)32/h2-9,14-15H,10-13H2,1H3,(H,28,31)/b9-6+. The van der Waals surface area contributed by atoms with Crippen LogP contribution in [0.2, 0.25) is 0 Å². The van der Waals surface area contributed by atoms with E-state index in [-0.39, 0.29) is 16.7 Å². The molecule has 0 bridgehead atoms. The molecule has 2 heterocycles. The molecule has 9 heteroatoms. The molecule has 0 radical (unpaired) electrons. The molecule has 4 rings (SSSR count). The summed E-state index contributed by atoms with van der Waals surface area (Å²) in [4.78, 5) is 29.2. The number of rotatable bonds is 4. The van der Waals surface area contributed by atoms with Crippen LogP contribution in [-0.4, -0.2) is 44.0 Å². The molecule has 1 N–H and O–H groups in total. The predicted octanol–water partition coefficient (Wildman–Crippen LogP) is 4.22. The Morgan fingerprint density at radius 1 is 1.09 bits per heavy atom. The first-order valence-corrected chi connectivity index (χ1v) is 10.4. The van der Waals surface area contributed by atoms with Crippen LogP contribution in [0.15, 0.2) is 64.0 Å². The molecule has 0 spiro atoms. The number of anilines is 2. The van der Waals surface area contributed by atoms with Crippen molar-refractivity contribution in [2.75, 3.05) is 43.4 Å². The SMILES string of the molecule is CN1CCN(c2ccc(C(F)(F)F)cc2NC(=O)/C=C/c2coc3ccccc3c2=O)CC1. The van der Waals surface area contributed by atoms with Crippen LogP contribution in [-0.2, 0) is 11.0 Å². The zero-order valence-electron chi connectivity index (χ0n) is 17.9. The minimum absolute atomic E-state index is 0.0644. The lowest BCUT2D eigenvalue weighted by atomic mass is 10.1. The van der Waals surface area contributed by atoms with Crippen LogP contribution in [0.25, 0.3) is 17.0 Å². The maximum atomic E-state index is 13.3. The van der Waals surface area contributed by atoms with Gasteiger partial charge in [0.15, 0.2) is 5.43 Å². The number of hydrogen-bond donors (Lipinski definition) is 1. The average Bonchev–Trinajstić information content (AvgIpc) is 2.79. The number of carbonyl (C=O) groups is 1. The first-order chi connectivity index (χ1) is 15.7. The number of likely N-dealkylation sites (N-methyl/N-ethyl adjacent to an activating group) is 1. The lowest BCUT2D eigenvalue weighted by Gasteiger charge is -2.35. The van der Waals surface area contributed by atoms with Crippen molar-refractivity contribution < 1.29 is 22.4 Å². The van der Waals surface area contributed by atoms with Crippen LogP contribution in [0.5, 0.6) is 0 Å². The van der Waals surface area contributed by atoms with Crippen molar-refractivity contribution >= 4 is 34.3 Å². The van der Waals surface area contributed by atoms with Crippen molar-refractivity contribution in [1.82, 2.24) is 4.90 Å². The van der Waals surface area contributed by atoms with E-state index in [9.17, 15) is 22.8 Å². The number of nitrogens with one attached hydrogen (secondary N) is 1. The molecule has 0 aliphatic carbocycles. The van der Waals surface area contributed by atoms with Gasteiger partial charge in [0.05, 0.1) is 27.9 Å². The molecule has 0 unspecified atom stereocenters. The quantitative estimate of drug-likeness (QED) is 0.595. The molecule has 1 saturated heterocycles. The zero-order chi connectivity index (χ0) is 23.6. The fourth-order valence-electron chi connectivity index (χ4n) is 3.68. The van der Waals surface area contributed by atoms with E-state index in [2.05, 4.69) is 10.2 Å². The van der Waals surface area contributed by atoms with E-state index in [1.54, 1.807) is 24.3 Å². The smallest absolute Gasteiger partial charge is 0.416 e. The molecule has 1 fully saturated rings. The second kappa shape index (κ2) is 9.11. The van der Waals surface area contributed by atoms with Crippen molar-refractivity contribution in [2.24, 2.45) is 0 Å². The van der Waals surface area contributed by atoms with Crippen LogP contribution in [0.3, 0.4) is 0 Å². The van der Waals surface area contributed by atoms with Gasteiger partial charge in [0, 0.05) is 32.3 Å². The third-order valence-electron chi connectivity index (χ3n) is 5.55. The third-order valence-corrected chi connectivity index (χ3v) is 5.55. The van der Waals surface area contributed by atoms with Gasteiger partial charge in [-0.05, 0) is 43.5 Å². The Morgan fingerprint density at radius 2 is 1.82 bits per heavy atom. The highest BCUT2D eigenvalue weighted by Crippen LogP contribution is 2.35. The van der Waals surface area contributed by atoms with E-state index >= 15 is 0 Å². The molecule has 0 saturated carbocycles. The highest BCUT2D eigenvalue weighted by molar-refractivity contribution is 6.04. The first kappa shape index (κ1) is 22.6. The third kappa shape index (κ3) is 5.09. The summed E-state index contributed by atoms with van der Waals surface area (Å²) in [6.45, 7) is 2.76. The van der Waals surface area contributed by atoms with E-state index in [1.807, 2.05) is 11.9 Å². The van der Waals surface area contributed by atoms with Crippen molar-refractivity contribution in [1.29, 1.82) is 0 Å². The van der Waals surface area contributed by atoms with E-state index < -0.39 is 17.6 Å². The maximum absolute atomic E-state index is 13.3. The summed E-state index contributed by atoms with van der Waals surface area (Å²) in [5.74, 6) is -0.655. The minimum atomic E-state index is -4.54. The maximum Gasteiger partial charge on any atom is 0.416 e. The highest BCUT2D eigenvalue weighted by atomic mass is 19.4. The van der Waals surface area contributed by atoms with Crippen LogP contribution < -0.4 is 15.6 Å². The molecule has 2 aromatic carbocycles. The minimum Gasteiger partial charge on any atom is -0.463 e. The van der Waals surface area contributed by atoms with Gasteiger partial charge in [0.1, 0.15) is 11.8 Å². The summed E-state index contributed by atoms with van der Waals surface area (Å²) in [7, 11) is 1.97. The van der Waals surface area contributed by atoms with Gasteiger partial charge >= 0.3 is 6.18 Å². The number of carbonyl (C=O) groups excluding carboxylic acids is 1.